The smallest absolute Gasteiger partial charge is 0.283 e. The lowest BCUT2D eigenvalue weighted by Crippen LogP contribution is -2.24. The third-order valence-electron chi connectivity index (χ3n) is 3.26. The first kappa shape index (κ1) is 11.5. The molecular weight excluding hydrogens is 230 g/mol. The van der Waals surface area contributed by atoms with Crippen molar-refractivity contribution in [2.45, 2.75) is 32.2 Å². The number of rotatable bonds is 3. The van der Waals surface area contributed by atoms with E-state index in [1.165, 1.54) is 25.7 Å². The van der Waals surface area contributed by atoms with Crippen LogP contribution in [-0.4, -0.2) is 28.2 Å². The normalized spacial score (nSPS) is 17.8. The maximum atomic E-state index is 5.61. The highest BCUT2D eigenvalue weighted by atomic mass is 16.4. The second-order valence-corrected chi connectivity index (χ2v) is 4.67. The molecule has 3 heterocycles. The summed E-state index contributed by atoms with van der Waals surface area (Å²) in [7, 11) is 0. The summed E-state index contributed by atoms with van der Waals surface area (Å²) in [6.45, 7) is 2.99. The van der Waals surface area contributed by atoms with Gasteiger partial charge >= 0.3 is 0 Å². The minimum absolute atomic E-state index is 0.463. The van der Waals surface area contributed by atoms with Crippen LogP contribution in [0.5, 0.6) is 0 Å². The number of hydrogen-bond acceptors (Lipinski definition) is 5. The van der Waals surface area contributed by atoms with Crippen LogP contribution in [-0.2, 0) is 6.54 Å². The Labute approximate surface area is 106 Å². The van der Waals surface area contributed by atoms with E-state index in [0.717, 1.165) is 19.6 Å². The van der Waals surface area contributed by atoms with Gasteiger partial charge in [0.1, 0.15) is 0 Å². The Bertz CT molecular complexity index is 470. The van der Waals surface area contributed by atoms with E-state index in [1.807, 2.05) is 12.1 Å². The lowest BCUT2D eigenvalue weighted by molar-refractivity contribution is 0.248. The molecular formula is C13H17N3O2. The van der Waals surface area contributed by atoms with E-state index in [9.17, 15) is 0 Å². The van der Waals surface area contributed by atoms with Crippen LogP contribution in [0.4, 0.5) is 0 Å². The van der Waals surface area contributed by atoms with Crippen molar-refractivity contribution in [2.24, 2.45) is 0 Å². The zero-order chi connectivity index (χ0) is 12.2. The van der Waals surface area contributed by atoms with Gasteiger partial charge in [-0.3, -0.25) is 4.90 Å². The maximum Gasteiger partial charge on any atom is 0.283 e. The zero-order valence-electron chi connectivity index (χ0n) is 10.3. The van der Waals surface area contributed by atoms with Crippen molar-refractivity contribution in [3.63, 3.8) is 0 Å². The summed E-state index contributed by atoms with van der Waals surface area (Å²) in [6, 6.07) is 3.64. The second-order valence-electron chi connectivity index (χ2n) is 4.67. The molecule has 1 saturated heterocycles. The van der Waals surface area contributed by atoms with E-state index in [1.54, 1.807) is 6.26 Å². The van der Waals surface area contributed by atoms with Crippen molar-refractivity contribution >= 4 is 0 Å². The van der Waals surface area contributed by atoms with E-state index < -0.39 is 0 Å². The Kier molecular flexibility index (Phi) is 3.41. The van der Waals surface area contributed by atoms with Gasteiger partial charge in [0.2, 0.25) is 5.89 Å². The molecule has 2 aromatic heterocycles. The molecule has 0 atom stereocenters. The molecule has 18 heavy (non-hydrogen) atoms. The van der Waals surface area contributed by atoms with Gasteiger partial charge in [-0.2, -0.15) is 0 Å². The van der Waals surface area contributed by atoms with Crippen molar-refractivity contribution in [2.75, 3.05) is 13.1 Å². The number of furan rings is 1. The summed E-state index contributed by atoms with van der Waals surface area (Å²) in [4.78, 5) is 2.38. The van der Waals surface area contributed by atoms with Gasteiger partial charge in [-0.1, -0.05) is 12.8 Å². The first-order chi connectivity index (χ1) is 8.92. The first-order valence-electron chi connectivity index (χ1n) is 6.50. The molecule has 1 aliphatic rings. The predicted octanol–water partition coefficient (Wildman–Crippen LogP) is 2.71. The Balaban J connectivity index is 1.66. The van der Waals surface area contributed by atoms with E-state index in [-0.39, 0.29) is 0 Å². The summed E-state index contributed by atoms with van der Waals surface area (Å²) in [5.74, 6) is 1.76. The summed E-state index contributed by atoms with van der Waals surface area (Å²) in [5, 5.41) is 8.09. The van der Waals surface area contributed by atoms with Gasteiger partial charge in [-0.05, 0) is 38.1 Å². The molecule has 0 bridgehead atoms. The minimum atomic E-state index is 0.463. The maximum absolute atomic E-state index is 5.61. The van der Waals surface area contributed by atoms with Gasteiger partial charge < -0.3 is 8.83 Å². The van der Waals surface area contributed by atoms with E-state index in [4.69, 9.17) is 8.83 Å². The van der Waals surface area contributed by atoms with Gasteiger partial charge in [-0.15, -0.1) is 10.2 Å². The van der Waals surface area contributed by atoms with Crippen molar-refractivity contribution in [1.29, 1.82) is 0 Å². The lowest BCUT2D eigenvalue weighted by Gasteiger charge is -2.16. The minimum Gasteiger partial charge on any atom is -0.459 e. The molecule has 1 fully saturated rings. The van der Waals surface area contributed by atoms with Crippen LogP contribution in [0.15, 0.2) is 27.2 Å². The van der Waals surface area contributed by atoms with Crippen molar-refractivity contribution in [3.8, 4) is 11.7 Å². The molecule has 0 unspecified atom stereocenters. The highest BCUT2D eigenvalue weighted by Crippen LogP contribution is 2.19. The van der Waals surface area contributed by atoms with Crippen LogP contribution in [0, 0.1) is 0 Å². The largest absolute Gasteiger partial charge is 0.459 e. The first-order valence-corrected chi connectivity index (χ1v) is 6.50. The molecule has 0 N–H and O–H groups in total. The summed E-state index contributed by atoms with van der Waals surface area (Å²) >= 11 is 0. The molecule has 0 amide bonds. The molecule has 2 aromatic rings. The topological polar surface area (TPSA) is 55.3 Å². The number of nitrogens with zero attached hydrogens (tertiary/aromatic N) is 3. The van der Waals surface area contributed by atoms with E-state index in [2.05, 4.69) is 15.1 Å². The number of hydrogen-bond donors (Lipinski definition) is 0. The van der Waals surface area contributed by atoms with Gasteiger partial charge in [0.15, 0.2) is 5.76 Å². The average molecular weight is 247 g/mol. The summed E-state index contributed by atoms with van der Waals surface area (Å²) in [5.41, 5.74) is 0. The molecule has 0 aliphatic carbocycles. The quantitative estimate of drug-likeness (QED) is 0.834. The standard InChI is InChI=1S/C13H17N3O2/c1-2-4-8-16(7-3-1)10-12-14-15-13(18-12)11-6-5-9-17-11/h5-6,9H,1-4,7-8,10H2. The van der Waals surface area contributed by atoms with Crippen LogP contribution < -0.4 is 0 Å². The number of likely N-dealkylation sites (tertiary alicyclic amines) is 1. The number of aromatic nitrogens is 2. The van der Waals surface area contributed by atoms with Gasteiger partial charge in [0.25, 0.3) is 5.89 Å². The molecule has 5 nitrogen and oxygen atoms in total. The molecule has 1 aliphatic heterocycles. The Hall–Kier alpha value is -1.62. The fourth-order valence-electron chi connectivity index (χ4n) is 2.30. The molecule has 3 rings (SSSR count). The molecule has 0 radical (unpaired) electrons. The van der Waals surface area contributed by atoms with E-state index >= 15 is 0 Å². The third kappa shape index (κ3) is 2.61. The van der Waals surface area contributed by atoms with Crippen molar-refractivity contribution in [3.05, 3.63) is 24.3 Å². The van der Waals surface area contributed by atoms with Crippen LogP contribution in [0.25, 0.3) is 11.7 Å². The molecule has 0 aromatic carbocycles. The van der Waals surface area contributed by atoms with Crippen LogP contribution in [0.3, 0.4) is 0 Å². The Morgan fingerprint density at radius 3 is 2.67 bits per heavy atom. The summed E-state index contributed by atoms with van der Waals surface area (Å²) < 4.78 is 10.8. The Morgan fingerprint density at radius 2 is 1.94 bits per heavy atom. The van der Waals surface area contributed by atoms with Crippen molar-refractivity contribution < 1.29 is 8.83 Å². The predicted molar refractivity (Wildman–Crippen MR) is 65.7 cm³/mol. The fourth-order valence-corrected chi connectivity index (χ4v) is 2.30. The monoisotopic (exact) mass is 247 g/mol. The average Bonchev–Trinajstić information content (AvgIpc) is 2.98. The molecule has 0 spiro atoms. The highest BCUT2D eigenvalue weighted by molar-refractivity contribution is 5.42. The van der Waals surface area contributed by atoms with Crippen LogP contribution >= 0.6 is 0 Å². The molecule has 96 valence electrons. The highest BCUT2D eigenvalue weighted by Gasteiger charge is 2.15. The van der Waals surface area contributed by atoms with Crippen LogP contribution in [0.2, 0.25) is 0 Å². The molecule has 0 saturated carbocycles. The summed E-state index contributed by atoms with van der Waals surface area (Å²) in [6.07, 6.45) is 6.79. The van der Waals surface area contributed by atoms with Crippen LogP contribution in [0.1, 0.15) is 31.6 Å². The zero-order valence-corrected chi connectivity index (χ0v) is 10.3. The van der Waals surface area contributed by atoms with Gasteiger partial charge in [0.05, 0.1) is 12.8 Å². The third-order valence-corrected chi connectivity index (χ3v) is 3.26. The van der Waals surface area contributed by atoms with Crippen molar-refractivity contribution in [1.82, 2.24) is 15.1 Å². The van der Waals surface area contributed by atoms with Gasteiger partial charge in [-0.25, -0.2) is 0 Å². The lowest BCUT2D eigenvalue weighted by atomic mass is 10.2. The second kappa shape index (κ2) is 5.35. The van der Waals surface area contributed by atoms with E-state index in [0.29, 0.717) is 17.5 Å². The molecule has 5 heteroatoms. The SMILES string of the molecule is c1coc(-c2nnc(CN3CCCCCC3)o2)c1. The van der Waals surface area contributed by atoms with Gasteiger partial charge in [0, 0.05) is 0 Å². The fraction of sp³-hybridized carbons (Fsp3) is 0.538. The Morgan fingerprint density at radius 1 is 1.11 bits per heavy atom.